The monoisotopic (exact) mass is 208 g/mol. The van der Waals surface area contributed by atoms with Crippen molar-refractivity contribution in [2.75, 3.05) is 0 Å². The van der Waals surface area contributed by atoms with Gasteiger partial charge in [-0.25, -0.2) is 0 Å². The number of primary amides is 1. The second-order valence-corrected chi connectivity index (χ2v) is 3.49. The van der Waals surface area contributed by atoms with E-state index in [1.165, 1.54) is 0 Å². The third-order valence-corrected chi connectivity index (χ3v) is 2.11. The van der Waals surface area contributed by atoms with Crippen LogP contribution in [0.5, 0.6) is 5.75 Å². The van der Waals surface area contributed by atoms with Crippen molar-refractivity contribution in [1.82, 2.24) is 0 Å². The average molecular weight is 208 g/mol. The van der Waals surface area contributed by atoms with Crippen LogP contribution in [0, 0.1) is 0 Å². The number of nitrogens with two attached hydrogens (primary N) is 2. The van der Waals surface area contributed by atoms with Crippen molar-refractivity contribution < 1.29 is 9.53 Å². The van der Waals surface area contributed by atoms with Gasteiger partial charge in [0.1, 0.15) is 5.75 Å². The molecule has 1 rings (SSSR count). The molecule has 0 aliphatic rings. The van der Waals surface area contributed by atoms with Crippen LogP contribution in [-0.4, -0.2) is 12.0 Å². The predicted molar refractivity (Wildman–Crippen MR) is 58.3 cm³/mol. The molecular formula is C11H16N2O2. The highest BCUT2D eigenvalue weighted by atomic mass is 16.5. The second kappa shape index (κ2) is 4.79. The maximum atomic E-state index is 10.9. The van der Waals surface area contributed by atoms with Crippen molar-refractivity contribution in [2.24, 2.45) is 11.5 Å². The smallest absolute Gasteiger partial charge is 0.258 e. The lowest BCUT2D eigenvalue weighted by Crippen LogP contribution is -2.31. The molecule has 4 nitrogen and oxygen atoms in total. The van der Waals surface area contributed by atoms with Crippen LogP contribution in [0.3, 0.4) is 0 Å². The molecule has 15 heavy (non-hydrogen) atoms. The van der Waals surface area contributed by atoms with E-state index in [1.54, 1.807) is 13.0 Å². The van der Waals surface area contributed by atoms with Gasteiger partial charge in [0.05, 0.1) is 0 Å². The lowest BCUT2D eigenvalue weighted by molar-refractivity contribution is -0.124. The minimum atomic E-state index is -0.648. The maximum absolute atomic E-state index is 10.9. The van der Waals surface area contributed by atoms with E-state index in [0.29, 0.717) is 5.75 Å². The molecule has 0 spiro atoms. The summed E-state index contributed by atoms with van der Waals surface area (Å²) < 4.78 is 5.41. The summed E-state index contributed by atoms with van der Waals surface area (Å²) in [6.07, 6.45) is -0.648. The molecule has 1 unspecified atom stereocenters. The average Bonchev–Trinajstić information content (AvgIpc) is 2.18. The summed E-state index contributed by atoms with van der Waals surface area (Å²) >= 11 is 0. The third-order valence-electron chi connectivity index (χ3n) is 2.11. The quantitative estimate of drug-likeness (QED) is 0.773. The van der Waals surface area contributed by atoms with Crippen LogP contribution in [-0.2, 0) is 4.79 Å². The number of benzene rings is 1. The van der Waals surface area contributed by atoms with E-state index in [1.807, 2.05) is 25.1 Å². The van der Waals surface area contributed by atoms with Gasteiger partial charge in [-0.15, -0.1) is 0 Å². The molecule has 1 aromatic carbocycles. The summed E-state index contributed by atoms with van der Waals surface area (Å²) in [6, 6.07) is 7.21. The Balaban J connectivity index is 2.89. The van der Waals surface area contributed by atoms with Crippen LogP contribution >= 0.6 is 0 Å². The molecule has 0 fully saturated rings. The minimum absolute atomic E-state index is 0.138. The van der Waals surface area contributed by atoms with Crippen LogP contribution in [0.25, 0.3) is 0 Å². The first kappa shape index (κ1) is 11.5. The maximum Gasteiger partial charge on any atom is 0.258 e. The van der Waals surface area contributed by atoms with Gasteiger partial charge < -0.3 is 16.2 Å². The minimum Gasteiger partial charge on any atom is -0.481 e. The molecule has 0 aliphatic heterocycles. The van der Waals surface area contributed by atoms with E-state index < -0.39 is 12.0 Å². The molecule has 0 aromatic heterocycles. The molecule has 0 aliphatic carbocycles. The number of hydrogen-bond donors (Lipinski definition) is 2. The largest absolute Gasteiger partial charge is 0.481 e. The summed E-state index contributed by atoms with van der Waals surface area (Å²) in [7, 11) is 0. The normalized spacial score (nSPS) is 14.3. The van der Waals surface area contributed by atoms with Crippen LogP contribution in [0.2, 0.25) is 0 Å². The van der Waals surface area contributed by atoms with Gasteiger partial charge in [0.25, 0.3) is 5.91 Å². The molecular weight excluding hydrogens is 192 g/mol. The first-order chi connectivity index (χ1) is 7.02. The summed E-state index contributed by atoms with van der Waals surface area (Å²) in [4.78, 5) is 10.9. The van der Waals surface area contributed by atoms with Gasteiger partial charge in [-0.1, -0.05) is 18.2 Å². The Bertz CT molecular complexity index is 350. The Kier molecular flexibility index (Phi) is 3.68. The fourth-order valence-corrected chi connectivity index (χ4v) is 1.21. The first-order valence-electron chi connectivity index (χ1n) is 4.83. The lowest BCUT2D eigenvalue weighted by Gasteiger charge is -2.16. The number of ether oxygens (including phenoxy) is 1. The van der Waals surface area contributed by atoms with Gasteiger partial charge in [0.15, 0.2) is 6.10 Å². The lowest BCUT2D eigenvalue weighted by atomic mass is 10.1. The van der Waals surface area contributed by atoms with Crippen LogP contribution in [0.15, 0.2) is 24.3 Å². The highest BCUT2D eigenvalue weighted by Gasteiger charge is 2.13. The van der Waals surface area contributed by atoms with Crippen molar-refractivity contribution in [1.29, 1.82) is 0 Å². The Morgan fingerprint density at radius 2 is 1.93 bits per heavy atom. The summed E-state index contributed by atoms with van der Waals surface area (Å²) in [5.74, 6) is 0.119. The molecule has 1 aromatic rings. The summed E-state index contributed by atoms with van der Waals surface area (Å²) in [6.45, 7) is 3.47. The summed E-state index contributed by atoms with van der Waals surface area (Å²) in [5.41, 5.74) is 11.8. The number of amides is 1. The second-order valence-electron chi connectivity index (χ2n) is 3.49. The highest BCUT2D eigenvalue weighted by molar-refractivity contribution is 5.78. The zero-order chi connectivity index (χ0) is 11.4. The zero-order valence-corrected chi connectivity index (χ0v) is 8.94. The fourth-order valence-electron chi connectivity index (χ4n) is 1.21. The van der Waals surface area contributed by atoms with Gasteiger partial charge >= 0.3 is 0 Å². The number of carbonyl (C=O) groups excluding carboxylic acids is 1. The predicted octanol–water partition coefficient (Wildman–Crippen LogP) is 0.959. The topological polar surface area (TPSA) is 78.3 Å². The van der Waals surface area contributed by atoms with Crippen molar-refractivity contribution in [3.8, 4) is 5.75 Å². The molecule has 1 amide bonds. The van der Waals surface area contributed by atoms with E-state index in [4.69, 9.17) is 16.2 Å². The number of rotatable bonds is 4. The molecule has 4 N–H and O–H groups in total. The third kappa shape index (κ3) is 2.95. The number of para-hydroxylation sites is 1. The standard InChI is InChI=1S/C11H16N2O2/c1-7(12)9-5-3-4-6-10(9)15-8(2)11(13)14/h3-8H,12H2,1-2H3,(H2,13,14)/t7-,8?/m0/s1. The van der Waals surface area contributed by atoms with E-state index in [-0.39, 0.29) is 6.04 Å². The van der Waals surface area contributed by atoms with Crippen molar-refractivity contribution in [3.63, 3.8) is 0 Å². The van der Waals surface area contributed by atoms with E-state index in [0.717, 1.165) is 5.56 Å². The van der Waals surface area contributed by atoms with E-state index >= 15 is 0 Å². The summed E-state index contributed by atoms with van der Waals surface area (Å²) in [5, 5.41) is 0. The molecule has 4 heteroatoms. The van der Waals surface area contributed by atoms with Crippen LogP contribution in [0.1, 0.15) is 25.5 Å². The molecule has 82 valence electrons. The fraction of sp³-hybridized carbons (Fsp3) is 0.364. The van der Waals surface area contributed by atoms with Gasteiger partial charge in [-0.2, -0.15) is 0 Å². The van der Waals surface area contributed by atoms with Crippen LogP contribution in [0.4, 0.5) is 0 Å². The van der Waals surface area contributed by atoms with E-state index in [9.17, 15) is 4.79 Å². The molecule has 0 heterocycles. The van der Waals surface area contributed by atoms with Gasteiger partial charge in [-0.05, 0) is 19.9 Å². The molecule has 0 saturated heterocycles. The zero-order valence-electron chi connectivity index (χ0n) is 8.94. The molecule has 0 saturated carbocycles. The van der Waals surface area contributed by atoms with Crippen LogP contribution < -0.4 is 16.2 Å². The van der Waals surface area contributed by atoms with Crippen molar-refractivity contribution >= 4 is 5.91 Å². The molecule has 2 atom stereocenters. The first-order valence-corrected chi connectivity index (χ1v) is 4.83. The molecule has 0 radical (unpaired) electrons. The SMILES string of the molecule is CC(Oc1ccccc1[C@H](C)N)C(N)=O. The Morgan fingerprint density at radius 3 is 2.47 bits per heavy atom. The van der Waals surface area contributed by atoms with Gasteiger partial charge in [-0.3, -0.25) is 4.79 Å². The molecule has 0 bridgehead atoms. The Morgan fingerprint density at radius 1 is 1.33 bits per heavy atom. The Hall–Kier alpha value is -1.55. The van der Waals surface area contributed by atoms with Crippen molar-refractivity contribution in [2.45, 2.75) is 26.0 Å². The van der Waals surface area contributed by atoms with Gasteiger partial charge in [0.2, 0.25) is 0 Å². The number of carbonyl (C=O) groups is 1. The Labute approximate surface area is 89.2 Å². The van der Waals surface area contributed by atoms with Crippen molar-refractivity contribution in [3.05, 3.63) is 29.8 Å². The van der Waals surface area contributed by atoms with E-state index in [2.05, 4.69) is 0 Å². The highest BCUT2D eigenvalue weighted by Crippen LogP contribution is 2.23. The van der Waals surface area contributed by atoms with Gasteiger partial charge in [0, 0.05) is 11.6 Å². The number of hydrogen-bond acceptors (Lipinski definition) is 3.